The van der Waals surface area contributed by atoms with Crippen molar-refractivity contribution in [2.45, 2.75) is 32.9 Å². The molecule has 1 heterocycles. The lowest BCUT2D eigenvalue weighted by molar-refractivity contribution is -0.141. The van der Waals surface area contributed by atoms with Crippen LogP contribution in [0.1, 0.15) is 20.8 Å². The van der Waals surface area contributed by atoms with E-state index in [4.69, 9.17) is 4.74 Å². The molecule has 0 aliphatic heterocycles. The van der Waals surface area contributed by atoms with Gasteiger partial charge in [-0.3, -0.25) is 14.9 Å². The fourth-order valence-electron chi connectivity index (χ4n) is 1.35. The van der Waals surface area contributed by atoms with Crippen molar-refractivity contribution in [1.82, 2.24) is 4.57 Å². The quantitative estimate of drug-likeness (QED) is 0.846. The lowest BCUT2D eigenvalue weighted by Crippen LogP contribution is -2.28. The van der Waals surface area contributed by atoms with E-state index in [0.717, 1.165) is 4.57 Å². The van der Waals surface area contributed by atoms with Crippen LogP contribution in [-0.4, -0.2) is 29.3 Å². The van der Waals surface area contributed by atoms with Crippen LogP contribution < -0.4 is 10.9 Å². The third-order valence-electron chi connectivity index (χ3n) is 2.16. The van der Waals surface area contributed by atoms with Gasteiger partial charge in [0.05, 0.1) is 12.8 Å². The van der Waals surface area contributed by atoms with Gasteiger partial charge in [0.25, 0.3) is 5.56 Å². The molecule has 1 amide bonds. The molecule has 0 spiro atoms. The lowest BCUT2D eigenvalue weighted by atomic mass is 10.2. The van der Waals surface area contributed by atoms with Crippen molar-refractivity contribution in [1.29, 1.82) is 0 Å². The largest absolute Gasteiger partial charge is 0.468 e. The molecule has 0 atom stereocenters. The first-order chi connectivity index (χ1) is 9.21. The highest BCUT2D eigenvalue weighted by atomic mass is 16.6. The fourth-order valence-corrected chi connectivity index (χ4v) is 1.35. The number of pyridine rings is 1. The minimum Gasteiger partial charge on any atom is -0.468 e. The Balaban J connectivity index is 2.82. The third-order valence-corrected chi connectivity index (χ3v) is 2.16. The summed E-state index contributed by atoms with van der Waals surface area (Å²) in [5.41, 5.74) is -0.641. The molecule has 0 bridgehead atoms. The maximum absolute atomic E-state index is 11.6. The molecule has 0 radical (unpaired) electrons. The number of hydrogen-bond donors (Lipinski definition) is 1. The van der Waals surface area contributed by atoms with Gasteiger partial charge in [-0.25, -0.2) is 4.79 Å². The Morgan fingerprint density at radius 1 is 1.30 bits per heavy atom. The summed E-state index contributed by atoms with van der Waals surface area (Å²) in [6.45, 7) is 5.00. The summed E-state index contributed by atoms with van der Waals surface area (Å²) in [6.07, 6.45) is 0.712. The number of anilines is 1. The number of amides is 1. The van der Waals surface area contributed by atoms with Crippen molar-refractivity contribution < 1.29 is 19.1 Å². The molecule has 20 heavy (non-hydrogen) atoms. The minimum absolute atomic E-state index is 0.223. The molecular formula is C13H18N2O5. The monoisotopic (exact) mass is 282 g/mol. The van der Waals surface area contributed by atoms with E-state index in [1.54, 1.807) is 20.8 Å². The number of aromatic nitrogens is 1. The Morgan fingerprint density at radius 3 is 2.50 bits per heavy atom. The van der Waals surface area contributed by atoms with Gasteiger partial charge in [0, 0.05) is 12.3 Å². The molecule has 7 heteroatoms. The van der Waals surface area contributed by atoms with E-state index in [1.165, 1.54) is 25.4 Å². The zero-order chi connectivity index (χ0) is 15.3. The average molecular weight is 282 g/mol. The van der Waals surface area contributed by atoms with Crippen LogP contribution in [0.4, 0.5) is 10.5 Å². The Kier molecular flexibility index (Phi) is 4.90. The molecule has 0 unspecified atom stereocenters. The van der Waals surface area contributed by atoms with E-state index in [2.05, 4.69) is 10.1 Å². The summed E-state index contributed by atoms with van der Waals surface area (Å²) >= 11 is 0. The summed E-state index contributed by atoms with van der Waals surface area (Å²) in [5.74, 6) is -0.554. The first kappa shape index (κ1) is 15.7. The first-order valence-corrected chi connectivity index (χ1v) is 5.98. The number of methoxy groups -OCH3 is 1. The molecule has 1 N–H and O–H groups in total. The van der Waals surface area contributed by atoms with Gasteiger partial charge in [0.15, 0.2) is 0 Å². The molecule has 0 saturated heterocycles. The van der Waals surface area contributed by atoms with Crippen LogP contribution >= 0.6 is 0 Å². The Bertz CT molecular complexity index is 557. The number of nitrogens with zero attached hydrogens (tertiary/aromatic N) is 1. The SMILES string of the molecule is COC(=O)Cn1cc(NC(=O)OC(C)(C)C)ccc1=O. The number of rotatable bonds is 3. The number of esters is 1. The average Bonchev–Trinajstić information content (AvgIpc) is 2.30. The molecular weight excluding hydrogens is 264 g/mol. The smallest absolute Gasteiger partial charge is 0.412 e. The van der Waals surface area contributed by atoms with E-state index in [1.807, 2.05) is 0 Å². The number of ether oxygens (including phenoxy) is 2. The summed E-state index contributed by atoms with van der Waals surface area (Å²) in [5, 5.41) is 2.48. The van der Waals surface area contributed by atoms with Crippen LogP contribution in [0.25, 0.3) is 0 Å². The van der Waals surface area contributed by atoms with Crippen molar-refractivity contribution in [2.75, 3.05) is 12.4 Å². The van der Waals surface area contributed by atoms with Crippen molar-refractivity contribution >= 4 is 17.7 Å². The van der Waals surface area contributed by atoms with Gasteiger partial charge in [-0.2, -0.15) is 0 Å². The molecule has 0 aromatic carbocycles. The molecule has 0 saturated carbocycles. The van der Waals surface area contributed by atoms with Crippen molar-refractivity contribution in [3.05, 3.63) is 28.7 Å². The van der Waals surface area contributed by atoms with E-state index < -0.39 is 17.7 Å². The molecule has 110 valence electrons. The fraction of sp³-hybridized carbons (Fsp3) is 0.462. The minimum atomic E-state index is -0.638. The van der Waals surface area contributed by atoms with Crippen LogP contribution in [0.3, 0.4) is 0 Å². The predicted molar refractivity (Wildman–Crippen MR) is 72.6 cm³/mol. The van der Waals surface area contributed by atoms with Crippen LogP contribution in [0.5, 0.6) is 0 Å². The van der Waals surface area contributed by atoms with Gasteiger partial charge in [-0.15, -0.1) is 0 Å². The molecule has 1 aromatic heterocycles. The number of carbonyl (C=O) groups is 2. The molecule has 0 fully saturated rings. The van der Waals surface area contributed by atoms with Crippen LogP contribution in [0, 0.1) is 0 Å². The summed E-state index contributed by atoms with van der Waals surface area (Å²) in [6, 6.07) is 2.68. The van der Waals surface area contributed by atoms with Gasteiger partial charge in [-0.1, -0.05) is 0 Å². The second-order valence-corrected chi connectivity index (χ2v) is 5.09. The second kappa shape index (κ2) is 6.23. The van der Waals surface area contributed by atoms with E-state index in [-0.39, 0.29) is 12.1 Å². The summed E-state index contributed by atoms with van der Waals surface area (Å²) < 4.78 is 10.7. The first-order valence-electron chi connectivity index (χ1n) is 5.98. The molecule has 1 rings (SSSR count). The Hall–Kier alpha value is -2.31. The number of hydrogen-bond acceptors (Lipinski definition) is 5. The highest BCUT2D eigenvalue weighted by Gasteiger charge is 2.16. The number of nitrogens with one attached hydrogen (secondary N) is 1. The molecule has 0 aliphatic carbocycles. The lowest BCUT2D eigenvalue weighted by Gasteiger charge is -2.19. The molecule has 0 aliphatic rings. The van der Waals surface area contributed by atoms with Crippen LogP contribution in [-0.2, 0) is 20.8 Å². The highest BCUT2D eigenvalue weighted by Crippen LogP contribution is 2.10. The zero-order valence-corrected chi connectivity index (χ0v) is 11.9. The van der Waals surface area contributed by atoms with Gasteiger partial charge in [0.1, 0.15) is 12.1 Å². The van der Waals surface area contributed by atoms with Gasteiger partial charge in [-0.05, 0) is 26.8 Å². The van der Waals surface area contributed by atoms with Crippen molar-refractivity contribution in [3.63, 3.8) is 0 Å². The Labute approximate surface area is 116 Å². The normalized spacial score (nSPS) is 10.8. The topological polar surface area (TPSA) is 86.6 Å². The van der Waals surface area contributed by atoms with Crippen molar-refractivity contribution in [3.8, 4) is 0 Å². The Morgan fingerprint density at radius 2 is 1.95 bits per heavy atom. The van der Waals surface area contributed by atoms with E-state index >= 15 is 0 Å². The summed E-state index contributed by atoms with van der Waals surface area (Å²) in [7, 11) is 1.23. The van der Waals surface area contributed by atoms with Gasteiger partial charge in [0.2, 0.25) is 0 Å². The third kappa shape index (κ3) is 5.13. The van der Waals surface area contributed by atoms with Gasteiger partial charge < -0.3 is 14.0 Å². The zero-order valence-electron chi connectivity index (χ0n) is 11.9. The van der Waals surface area contributed by atoms with Gasteiger partial charge >= 0.3 is 12.1 Å². The van der Waals surface area contributed by atoms with E-state index in [0.29, 0.717) is 5.69 Å². The maximum atomic E-state index is 11.6. The summed E-state index contributed by atoms with van der Waals surface area (Å²) in [4.78, 5) is 34.3. The maximum Gasteiger partial charge on any atom is 0.412 e. The number of carbonyl (C=O) groups excluding carboxylic acids is 2. The predicted octanol–water partition coefficient (Wildman–Crippen LogP) is 1.37. The highest BCUT2D eigenvalue weighted by molar-refractivity contribution is 5.84. The molecule has 1 aromatic rings. The second-order valence-electron chi connectivity index (χ2n) is 5.09. The molecule has 7 nitrogen and oxygen atoms in total. The van der Waals surface area contributed by atoms with Crippen molar-refractivity contribution in [2.24, 2.45) is 0 Å². The van der Waals surface area contributed by atoms with Crippen LogP contribution in [0.15, 0.2) is 23.1 Å². The van der Waals surface area contributed by atoms with E-state index in [9.17, 15) is 14.4 Å². The standard InChI is InChI=1S/C13H18N2O5/c1-13(2,3)20-12(18)14-9-5-6-10(16)15(7-9)8-11(17)19-4/h5-7H,8H2,1-4H3,(H,14,18). The van der Waals surface area contributed by atoms with Crippen LogP contribution in [0.2, 0.25) is 0 Å².